The van der Waals surface area contributed by atoms with E-state index in [9.17, 15) is 0 Å². The van der Waals surface area contributed by atoms with E-state index in [1.165, 1.54) is 75.8 Å². The van der Waals surface area contributed by atoms with Crippen molar-refractivity contribution in [1.29, 1.82) is 0 Å². The van der Waals surface area contributed by atoms with E-state index >= 15 is 0 Å². The summed E-state index contributed by atoms with van der Waals surface area (Å²) in [5, 5.41) is 2.23. The summed E-state index contributed by atoms with van der Waals surface area (Å²) in [6.45, 7) is 9.21. The summed E-state index contributed by atoms with van der Waals surface area (Å²) in [6.07, 6.45) is 14.4. The van der Waals surface area contributed by atoms with Crippen LogP contribution in [0.15, 0.2) is 205 Å². The van der Waals surface area contributed by atoms with Crippen molar-refractivity contribution >= 4 is 21.9 Å². The Morgan fingerprint density at radius 2 is 1.22 bits per heavy atom. The topological polar surface area (TPSA) is 61.0 Å². The number of pyridine rings is 3. The Morgan fingerprint density at radius 1 is 0.532 bits per heavy atom. The smallest absolute Gasteiger partial charge is 0.501 e. The molecule has 0 aliphatic heterocycles. The number of hydrogen-bond donors (Lipinski definition) is 0. The zero-order valence-corrected chi connectivity index (χ0v) is 46.7. The van der Waals surface area contributed by atoms with Crippen molar-refractivity contribution in [2.75, 3.05) is 0 Å². The molecule has 11 aromatic rings. The van der Waals surface area contributed by atoms with Crippen LogP contribution in [0.25, 0.3) is 66.8 Å². The molecule has 0 unspecified atom stereocenters. The number of furan rings is 1. The molecule has 77 heavy (non-hydrogen) atoms. The van der Waals surface area contributed by atoms with Crippen LogP contribution in [0.2, 0.25) is 0 Å². The van der Waals surface area contributed by atoms with Crippen LogP contribution in [-0.4, -0.2) is 15.0 Å². The van der Waals surface area contributed by atoms with Gasteiger partial charge in [-0.25, -0.2) is 0 Å². The Labute approximate surface area is 467 Å². The van der Waals surface area contributed by atoms with Gasteiger partial charge in [-0.05, 0) is 163 Å². The van der Waals surface area contributed by atoms with Crippen molar-refractivity contribution in [3.8, 4) is 56.4 Å². The van der Waals surface area contributed by atoms with Crippen molar-refractivity contribution < 1.29 is 29.3 Å². The number of rotatable bonds is 13. The first-order chi connectivity index (χ1) is 37.2. The molecule has 1 fully saturated rings. The molecule has 0 bridgehead atoms. The molecule has 4 aromatic heterocycles. The minimum absolute atomic E-state index is 0. The molecule has 1 aliphatic rings. The van der Waals surface area contributed by atoms with Gasteiger partial charge in [0.05, 0.1) is 5.58 Å². The quantitative estimate of drug-likeness (QED) is 0.108. The molecule has 7 aromatic carbocycles. The Morgan fingerprint density at radius 3 is 1.96 bits per heavy atom. The molecule has 0 atom stereocenters. The maximum Gasteiger partial charge on any atom is 3.00 e. The minimum atomic E-state index is 0. The number of aromatic nitrogens is 3. The number of para-hydroxylation sites is 3. The van der Waals surface area contributed by atoms with Crippen molar-refractivity contribution in [3.05, 3.63) is 258 Å². The third-order valence-electron chi connectivity index (χ3n) is 15.2. The monoisotopic (exact) mass is 1180 g/mol. The summed E-state index contributed by atoms with van der Waals surface area (Å²) in [4.78, 5) is 13.8. The summed E-state index contributed by atoms with van der Waals surface area (Å²) in [6, 6.07) is 72.7. The van der Waals surface area contributed by atoms with Crippen molar-refractivity contribution in [2.24, 2.45) is 5.41 Å². The van der Waals surface area contributed by atoms with E-state index < -0.39 is 0 Å². The minimum Gasteiger partial charge on any atom is -0.501 e. The van der Waals surface area contributed by atoms with Crippen LogP contribution < -0.4 is 4.74 Å². The van der Waals surface area contributed by atoms with E-state index in [2.05, 4.69) is 159 Å². The fourth-order valence-electron chi connectivity index (χ4n) is 10.8. The average Bonchev–Trinajstić information content (AvgIpc) is 3.85. The van der Waals surface area contributed by atoms with Crippen molar-refractivity contribution in [2.45, 2.75) is 85.0 Å². The molecule has 0 saturated heterocycles. The van der Waals surface area contributed by atoms with Crippen LogP contribution in [0.1, 0.15) is 84.4 Å². The first-order valence-electron chi connectivity index (χ1n) is 26.8. The largest absolute Gasteiger partial charge is 3.00 e. The summed E-state index contributed by atoms with van der Waals surface area (Å²) in [5.41, 5.74) is 19.4. The Bertz CT molecular complexity index is 3630. The zero-order chi connectivity index (χ0) is 51.8. The van der Waals surface area contributed by atoms with Gasteiger partial charge in [-0.2, -0.15) is 0 Å². The second-order valence-corrected chi connectivity index (χ2v) is 21.1. The number of aryl methyl sites for hydroxylation is 6. The Balaban J connectivity index is 0.000000174. The normalized spacial score (nSPS) is 13.1. The van der Waals surface area contributed by atoms with Crippen LogP contribution in [-0.2, 0) is 45.8 Å². The predicted octanol–water partition coefficient (Wildman–Crippen LogP) is 18.2. The van der Waals surface area contributed by atoms with E-state index in [0.717, 1.165) is 92.9 Å². The van der Waals surface area contributed by atoms with Crippen LogP contribution in [0.5, 0.6) is 11.5 Å². The summed E-state index contributed by atoms with van der Waals surface area (Å²) in [7, 11) is 0. The molecule has 1 aliphatic carbocycles. The molecular formula is C71H62IrN3O2. The third kappa shape index (κ3) is 12.4. The summed E-state index contributed by atoms with van der Waals surface area (Å²) < 4.78 is 12.8. The molecular weight excluding hydrogens is 1120 g/mol. The fourth-order valence-corrected chi connectivity index (χ4v) is 10.8. The van der Waals surface area contributed by atoms with E-state index in [-0.39, 0.29) is 20.1 Å². The van der Waals surface area contributed by atoms with Crippen LogP contribution in [0.3, 0.4) is 0 Å². The van der Waals surface area contributed by atoms with E-state index in [1.54, 1.807) is 0 Å². The molecule has 6 heteroatoms. The Hall–Kier alpha value is -7.76. The van der Waals surface area contributed by atoms with Gasteiger partial charge in [-0.3, -0.25) is 0 Å². The summed E-state index contributed by atoms with van der Waals surface area (Å²) in [5.74, 6) is 2.49. The first-order valence-corrected chi connectivity index (χ1v) is 26.8. The van der Waals surface area contributed by atoms with Gasteiger partial charge in [0.1, 0.15) is 17.1 Å². The SMILES string of the molecule is Cc1cc(C2CCC(C)(C)CC2)ccc1-c1cc(-c2[c-]ccc3c2oc2ccccc23)ncc1C.[Ir+3].[c-]1ccccc1-c1cc(CCc2ccccc2Oc2ccccc2CCc2cc[c-]c(-c3ccccn3)c2)ccn1. The number of fused-ring (bicyclic) bond motifs is 3. The van der Waals surface area contributed by atoms with E-state index in [4.69, 9.17) is 14.1 Å². The standard InChI is InChI=1S/C38H30N2O.C33H32NO.Ir/c1-2-12-31(13-3-1)36-28-30(24-26-40-36)21-23-33-15-5-7-19-38(33)41-37-18-6-4-14-32(37)22-20-29-11-10-16-34(27-29)35-17-8-9-25-39-35;1-21-18-24(23-14-16-33(3,4)17-15-23)12-13-25(21)29-19-30(34-20-22(29)2)28-10-7-9-27-26-8-5-6-11-31(26)35-32(27)28;/h1-12,14-15,17-19,24-28H,20-23H2;5-9,11-13,18-20,23H,14-17H2,1-4H3;/q-2;-1;+3. The van der Waals surface area contributed by atoms with Crippen LogP contribution >= 0.6 is 0 Å². The second kappa shape index (κ2) is 24.1. The first kappa shape index (κ1) is 52.7. The van der Waals surface area contributed by atoms with Crippen molar-refractivity contribution in [3.63, 3.8) is 0 Å². The number of benzene rings is 7. The van der Waals surface area contributed by atoms with Gasteiger partial charge in [0.15, 0.2) is 0 Å². The van der Waals surface area contributed by atoms with Gasteiger partial charge in [-0.1, -0.05) is 127 Å². The molecule has 4 heterocycles. The average molecular weight is 1180 g/mol. The van der Waals surface area contributed by atoms with Gasteiger partial charge in [0.2, 0.25) is 0 Å². The molecule has 382 valence electrons. The van der Waals surface area contributed by atoms with Crippen LogP contribution in [0.4, 0.5) is 0 Å². The fraction of sp³-hybridized carbons (Fsp3) is 0.197. The number of ether oxygens (including phenoxy) is 1. The number of hydrogen-bond acceptors (Lipinski definition) is 5. The molecule has 0 spiro atoms. The number of nitrogens with zero attached hydrogens (tertiary/aromatic N) is 3. The molecule has 12 rings (SSSR count). The molecule has 5 nitrogen and oxygen atoms in total. The molecule has 0 amide bonds. The van der Waals surface area contributed by atoms with Gasteiger partial charge in [0.25, 0.3) is 0 Å². The van der Waals surface area contributed by atoms with Gasteiger partial charge in [0, 0.05) is 24.0 Å². The predicted molar refractivity (Wildman–Crippen MR) is 310 cm³/mol. The zero-order valence-electron chi connectivity index (χ0n) is 44.3. The van der Waals surface area contributed by atoms with Gasteiger partial charge < -0.3 is 24.1 Å². The van der Waals surface area contributed by atoms with Crippen LogP contribution in [0, 0.1) is 37.5 Å². The molecule has 0 radical (unpaired) electrons. The summed E-state index contributed by atoms with van der Waals surface area (Å²) >= 11 is 0. The maximum absolute atomic E-state index is 6.57. The second-order valence-electron chi connectivity index (χ2n) is 21.1. The van der Waals surface area contributed by atoms with E-state index in [1.807, 2.05) is 97.5 Å². The Kier molecular flexibility index (Phi) is 16.5. The van der Waals surface area contributed by atoms with Gasteiger partial charge in [-0.15, -0.1) is 89.5 Å². The van der Waals surface area contributed by atoms with Crippen molar-refractivity contribution in [1.82, 2.24) is 15.0 Å². The van der Waals surface area contributed by atoms with E-state index in [0.29, 0.717) is 11.3 Å². The van der Waals surface area contributed by atoms with Gasteiger partial charge >= 0.3 is 20.1 Å². The molecule has 0 N–H and O–H groups in total. The molecule has 1 saturated carbocycles. The third-order valence-corrected chi connectivity index (χ3v) is 15.2. The maximum atomic E-state index is 6.57.